The van der Waals surface area contributed by atoms with Gasteiger partial charge in [0, 0.05) is 22.6 Å². The summed E-state index contributed by atoms with van der Waals surface area (Å²) in [4.78, 5) is 11.9. The maximum Gasteiger partial charge on any atom is 0.167 e. The molecule has 0 atom stereocenters. The van der Waals surface area contributed by atoms with Crippen molar-refractivity contribution < 1.29 is 13.6 Å². The number of Topliss-reactive ketones (excluding diaryl/α,β-unsaturated/α-hetero) is 1. The molecule has 0 unspecified atom stereocenters. The lowest BCUT2D eigenvalue weighted by molar-refractivity contribution is 0.0991. The van der Waals surface area contributed by atoms with Gasteiger partial charge in [-0.3, -0.25) is 4.79 Å². The first-order valence-corrected chi connectivity index (χ1v) is 6.16. The van der Waals surface area contributed by atoms with Gasteiger partial charge in [0.25, 0.3) is 0 Å². The molecule has 19 heavy (non-hydrogen) atoms. The van der Waals surface area contributed by atoms with Crippen molar-refractivity contribution >= 4 is 29.0 Å². The van der Waals surface area contributed by atoms with Crippen LogP contribution in [0.5, 0.6) is 0 Å². The third kappa shape index (κ3) is 3.11. The monoisotopic (exact) mass is 300 g/mol. The molecule has 0 aromatic heterocycles. The van der Waals surface area contributed by atoms with Crippen LogP contribution in [-0.2, 0) is 6.42 Å². The predicted molar refractivity (Wildman–Crippen MR) is 70.9 cm³/mol. The fourth-order valence-electron chi connectivity index (χ4n) is 1.63. The SMILES string of the molecule is O=C(Cc1c(F)cccc1Cl)c1ccc(Cl)c(F)c1. The van der Waals surface area contributed by atoms with Crippen LogP contribution in [0.2, 0.25) is 10.0 Å². The zero-order valence-electron chi connectivity index (χ0n) is 9.59. The highest BCUT2D eigenvalue weighted by molar-refractivity contribution is 6.31. The first kappa shape index (κ1) is 14.0. The van der Waals surface area contributed by atoms with Crippen LogP contribution in [0, 0.1) is 11.6 Å². The molecule has 0 saturated heterocycles. The molecule has 0 heterocycles. The number of ketones is 1. The number of rotatable bonds is 3. The maximum absolute atomic E-state index is 13.5. The Balaban J connectivity index is 2.28. The zero-order valence-corrected chi connectivity index (χ0v) is 11.1. The van der Waals surface area contributed by atoms with Crippen LogP contribution < -0.4 is 0 Å². The van der Waals surface area contributed by atoms with Gasteiger partial charge in [0.1, 0.15) is 11.6 Å². The second-order valence-electron chi connectivity index (χ2n) is 3.93. The van der Waals surface area contributed by atoms with Crippen LogP contribution in [0.15, 0.2) is 36.4 Å². The van der Waals surface area contributed by atoms with E-state index in [1.165, 1.54) is 30.3 Å². The van der Waals surface area contributed by atoms with Crippen molar-refractivity contribution in [2.45, 2.75) is 6.42 Å². The minimum Gasteiger partial charge on any atom is -0.294 e. The van der Waals surface area contributed by atoms with Gasteiger partial charge in [0.2, 0.25) is 0 Å². The summed E-state index contributed by atoms with van der Waals surface area (Å²) in [7, 11) is 0. The van der Waals surface area contributed by atoms with Gasteiger partial charge in [-0.05, 0) is 30.3 Å². The minimum atomic E-state index is -0.688. The number of benzene rings is 2. The van der Waals surface area contributed by atoms with Crippen LogP contribution in [0.4, 0.5) is 8.78 Å². The molecule has 2 aromatic rings. The van der Waals surface area contributed by atoms with Crippen LogP contribution >= 0.6 is 23.2 Å². The number of halogens is 4. The second kappa shape index (κ2) is 5.68. The third-order valence-corrected chi connectivity index (χ3v) is 3.30. The van der Waals surface area contributed by atoms with Gasteiger partial charge in [0.05, 0.1) is 5.02 Å². The molecule has 98 valence electrons. The molecule has 2 rings (SSSR count). The third-order valence-electron chi connectivity index (χ3n) is 2.64. The summed E-state index contributed by atoms with van der Waals surface area (Å²) in [5.41, 5.74) is 0.228. The smallest absolute Gasteiger partial charge is 0.167 e. The van der Waals surface area contributed by atoms with E-state index < -0.39 is 17.4 Å². The van der Waals surface area contributed by atoms with Crippen molar-refractivity contribution in [1.82, 2.24) is 0 Å². The molecular formula is C14H8Cl2F2O. The number of hydrogen-bond donors (Lipinski definition) is 0. The Morgan fingerprint density at radius 1 is 1.00 bits per heavy atom. The molecule has 5 heteroatoms. The van der Waals surface area contributed by atoms with E-state index in [0.29, 0.717) is 0 Å². The molecule has 1 nitrogen and oxygen atoms in total. The summed E-state index contributed by atoms with van der Waals surface area (Å²) in [5, 5.41) is 0.100. The Morgan fingerprint density at radius 3 is 2.37 bits per heavy atom. The van der Waals surface area contributed by atoms with Gasteiger partial charge >= 0.3 is 0 Å². The fourth-order valence-corrected chi connectivity index (χ4v) is 1.98. The van der Waals surface area contributed by atoms with Crippen LogP contribution in [0.3, 0.4) is 0 Å². The Labute approximate surface area is 118 Å². The molecule has 0 aliphatic carbocycles. The largest absolute Gasteiger partial charge is 0.294 e. The molecule has 0 saturated carbocycles. The van der Waals surface area contributed by atoms with Gasteiger partial charge < -0.3 is 0 Å². The van der Waals surface area contributed by atoms with Gasteiger partial charge in [0.15, 0.2) is 5.78 Å². The van der Waals surface area contributed by atoms with E-state index in [2.05, 4.69) is 0 Å². The van der Waals surface area contributed by atoms with E-state index >= 15 is 0 Å². The Bertz CT molecular complexity index is 621. The summed E-state index contributed by atoms with van der Waals surface area (Å²) >= 11 is 11.4. The lowest BCUT2D eigenvalue weighted by Crippen LogP contribution is -2.06. The van der Waals surface area contributed by atoms with E-state index in [1.54, 1.807) is 0 Å². The molecule has 0 aliphatic rings. The Morgan fingerprint density at radius 2 is 1.74 bits per heavy atom. The van der Waals surface area contributed by atoms with Crippen LogP contribution in [0.1, 0.15) is 15.9 Å². The molecule has 0 spiro atoms. The summed E-state index contributed by atoms with van der Waals surface area (Å²) in [6.07, 6.45) is -0.230. The topological polar surface area (TPSA) is 17.1 Å². The summed E-state index contributed by atoms with van der Waals surface area (Å²) < 4.78 is 26.8. The van der Waals surface area contributed by atoms with E-state index in [1.807, 2.05) is 0 Å². The molecule has 0 N–H and O–H groups in total. The summed E-state index contributed by atoms with van der Waals surface area (Å²) in [6, 6.07) is 7.87. The highest BCUT2D eigenvalue weighted by Gasteiger charge is 2.14. The predicted octanol–water partition coefficient (Wildman–Crippen LogP) is 4.70. The van der Waals surface area contributed by atoms with Gasteiger partial charge in [-0.1, -0.05) is 29.3 Å². The first-order valence-electron chi connectivity index (χ1n) is 5.40. The van der Waals surface area contributed by atoms with Gasteiger partial charge in [-0.2, -0.15) is 0 Å². The Kier molecular flexibility index (Phi) is 4.17. The highest BCUT2D eigenvalue weighted by Crippen LogP contribution is 2.22. The van der Waals surface area contributed by atoms with Crippen molar-refractivity contribution in [3.63, 3.8) is 0 Å². The number of carbonyl (C=O) groups is 1. The minimum absolute atomic E-state index is 0.0690. The zero-order chi connectivity index (χ0) is 14.0. The fraction of sp³-hybridized carbons (Fsp3) is 0.0714. The first-order chi connectivity index (χ1) is 8.99. The van der Waals surface area contributed by atoms with Crippen LogP contribution in [0.25, 0.3) is 0 Å². The summed E-state index contributed by atoms with van der Waals surface area (Å²) in [5.74, 6) is -1.68. The van der Waals surface area contributed by atoms with E-state index in [0.717, 1.165) is 6.07 Å². The van der Waals surface area contributed by atoms with Crippen molar-refractivity contribution in [3.8, 4) is 0 Å². The summed E-state index contributed by atoms with van der Waals surface area (Å²) in [6.45, 7) is 0. The van der Waals surface area contributed by atoms with Gasteiger partial charge in [-0.25, -0.2) is 8.78 Å². The molecule has 0 fully saturated rings. The van der Waals surface area contributed by atoms with E-state index in [4.69, 9.17) is 23.2 Å². The quantitative estimate of drug-likeness (QED) is 0.751. The van der Waals surface area contributed by atoms with E-state index in [-0.39, 0.29) is 27.6 Å². The van der Waals surface area contributed by atoms with Gasteiger partial charge in [-0.15, -0.1) is 0 Å². The second-order valence-corrected chi connectivity index (χ2v) is 4.74. The van der Waals surface area contributed by atoms with E-state index in [9.17, 15) is 13.6 Å². The standard InChI is InChI=1S/C14H8Cl2F2O/c15-10-2-1-3-12(17)9(10)7-14(19)8-4-5-11(16)13(18)6-8/h1-6H,7H2. The van der Waals surface area contributed by atoms with Crippen molar-refractivity contribution in [1.29, 1.82) is 0 Å². The lowest BCUT2D eigenvalue weighted by atomic mass is 10.0. The molecular weight excluding hydrogens is 293 g/mol. The molecule has 2 aromatic carbocycles. The van der Waals surface area contributed by atoms with Crippen molar-refractivity contribution in [3.05, 3.63) is 69.2 Å². The number of carbonyl (C=O) groups excluding carboxylic acids is 1. The maximum atomic E-state index is 13.5. The molecule has 0 aliphatic heterocycles. The Hall–Kier alpha value is -1.45. The molecule has 0 amide bonds. The van der Waals surface area contributed by atoms with Crippen molar-refractivity contribution in [2.24, 2.45) is 0 Å². The van der Waals surface area contributed by atoms with Crippen molar-refractivity contribution in [2.75, 3.05) is 0 Å². The lowest BCUT2D eigenvalue weighted by Gasteiger charge is -2.06. The highest BCUT2D eigenvalue weighted by atomic mass is 35.5. The van der Waals surface area contributed by atoms with Crippen LogP contribution in [-0.4, -0.2) is 5.78 Å². The normalized spacial score (nSPS) is 10.5. The molecule has 0 radical (unpaired) electrons. The number of hydrogen-bond acceptors (Lipinski definition) is 1. The average Bonchev–Trinajstić information content (AvgIpc) is 2.37. The average molecular weight is 301 g/mol. The molecule has 0 bridgehead atoms.